The van der Waals surface area contributed by atoms with E-state index in [1.165, 1.54) is 6.42 Å². The van der Waals surface area contributed by atoms with E-state index in [4.69, 9.17) is 4.74 Å². The molecule has 3 heteroatoms. The number of hydrogen-bond acceptors (Lipinski definition) is 3. The summed E-state index contributed by atoms with van der Waals surface area (Å²) in [4.78, 5) is 2.66. The Morgan fingerprint density at radius 1 is 1.25 bits per heavy atom. The predicted molar refractivity (Wildman–Crippen MR) is 87.1 cm³/mol. The Morgan fingerprint density at radius 3 is 2.40 bits per heavy atom. The topological polar surface area (TPSA) is 24.5 Å². The molecular formula is C17H36N2O. The maximum Gasteiger partial charge on any atom is 0.0597 e. The highest BCUT2D eigenvalue weighted by Gasteiger charge is 2.35. The van der Waals surface area contributed by atoms with Crippen molar-refractivity contribution < 1.29 is 4.74 Å². The molecule has 3 nitrogen and oxygen atoms in total. The van der Waals surface area contributed by atoms with Gasteiger partial charge in [-0.2, -0.15) is 0 Å². The predicted octanol–water partition coefficient (Wildman–Crippen LogP) is 3.15. The van der Waals surface area contributed by atoms with Crippen LogP contribution in [-0.2, 0) is 4.74 Å². The van der Waals surface area contributed by atoms with Crippen molar-refractivity contribution in [3.8, 4) is 0 Å². The van der Waals surface area contributed by atoms with Gasteiger partial charge < -0.3 is 10.1 Å². The van der Waals surface area contributed by atoms with E-state index >= 15 is 0 Å². The van der Waals surface area contributed by atoms with Crippen LogP contribution in [0.3, 0.4) is 0 Å². The first-order valence-corrected chi connectivity index (χ1v) is 8.34. The van der Waals surface area contributed by atoms with E-state index in [0.717, 1.165) is 32.2 Å². The van der Waals surface area contributed by atoms with Gasteiger partial charge in [0.25, 0.3) is 0 Å². The summed E-state index contributed by atoms with van der Waals surface area (Å²) in [6.07, 6.45) is 1.58. The van der Waals surface area contributed by atoms with E-state index in [2.05, 4.69) is 58.7 Å². The lowest BCUT2D eigenvalue weighted by atomic mass is 9.83. The van der Waals surface area contributed by atoms with Crippen molar-refractivity contribution in [2.75, 3.05) is 26.2 Å². The van der Waals surface area contributed by atoms with Crippen molar-refractivity contribution in [3.63, 3.8) is 0 Å². The number of rotatable bonds is 6. The molecule has 1 aliphatic heterocycles. The molecule has 0 saturated carbocycles. The summed E-state index contributed by atoms with van der Waals surface area (Å²) in [5.74, 6) is 0.738. The highest BCUT2D eigenvalue weighted by Crippen LogP contribution is 2.26. The zero-order valence-corrected chi connectivity index (χ0v) is 14.7. The molecule has 0 aromatic heterocycles. The second kappa shape index (κ2) is 7.77. The normalized spacial score (nSPS) is 27.0. The second-order valence-corrected chi connectivity index (χ2v) is 7.69. The summed E-state index contributed by atoms with van der Waals surface area (Å²) in [6.45, 7) is 20.0. The first kappa shape index (κ1) is 17.9. The molecule has 0 aliphatic carbocycles. The van der Waals surface area contributed by atoms with Crippen LogP contribution >= 0.6 is 0 Å². The van der Waals surface area contributed by atoms with Crippen molar-refractivity contribution >= 4 is 0 Å². The third kappa shape index (κ3) is 5.34. The first-order valence-electron chi connectivity index (χ1n) is 8.34. The zero-order chi connectivity index (χ0) is 15.3. The van der Waals surface area contributed by atoms with Gasteiger partial charge in [-0.25, -0.2) is 0 Å². The Hall–Kier alpha value is -0.120. The number of nitrogens with one attached hydrogen (secondary N) is 1. The minimum atomic E-state index is 0.317. The molecule has 0 bridgehead atoms. The SMILES string of the molecule is CCC(C)C1CNC(C(C)(C)C)CN1CCOC(C)C. The Bertz CT molecular complexity index is 273. The lowest BCUT2D eigenvalue weighted by Crippen LogP contribution is -2.62. The molecule has 0 radical (unpaired) electrons. The van der Waals surface area contributed by atoms with Crippen LogP contribution in [0.2, 0.25) is 0 Å². The molecule has 1 heterocycles. The van der Waals surface area contributed by atoms with Crippen LogP contribution in [0, 0.1) is 11.3 Å². The van der Waals surface area contributed by atoms with Gasteiger partial charge in [0.2, 0.25) is 0 Å². The van der Waals surface area contributed by atoms with E-state index in [9.17, 15) is 0 Å². The Morgan fingerprint density at radius 2 is 1.90 bits per heavy atom. The molecule has 1 N–H and O–H groups in total. The molecule has 20 heavy (non-hydrogen) atoms. The second-order valence-electron chi connectivity index (χ2n) is 7.69. The van der Waals surface area contributed by atoms with Gasteiger partial charge in [0.05, 0.1) is 12.7 Å². The standard InChI is InChI=1S/C17H36N2O/c1-8-14(4)15-11-18-16(17(5,6)7)12-19(15)9-10-20-13(2)3/h13-16,18H,8-12H2,1-7H3. The lowest BCUT2D eigenvalue weighted by molar-refractivity contribution is 0.0123. The number of ether oxygens (including phenoxy) is 1. The Balaban J connectivity index is 2.63. The van der Waals surface area contributed by atoms with Gasteiger partial charge >= 0.3 is 0 Å². The van der Waals surface area contributed by atoms with Crippen molar-refractivity contribution in [1.82, 2.24) is 10.2 Å². The highest BCUT2D eigenvalue weighted by molar-refractivity contribution is 4.93. The van der Waals surface area contributed by atoms with Gasteiger partial charge in [0, 0.05) is 31.7 Å². The minimum Gasteiger partial charge on any atom is -0.377 e. The van der Waals surface area contributed by atoms with E-state index in [0.29, 0.717) is 23.6 Å². The lowest BCUT2D eigenvalue weighted by Gasteiger charge is -2.47. The molecule has 0 aromatic carbocycles. The average molecular weight is 284 g/mol. The molecule has 0 spiro atoms. The van der Waals surface area contributed by atoms with Crippen molar-refractivity contribution in [2.45, 2.75) is 73.1 Å². The van der Waals surface area contributed by atoms with Crippen LogP contribution in [0.15, 0.2) is 0 Å². The molecule has 3 unspecified atom stereocenters. The molecule has 3 atom stereocenters. The fourth-order valence-electron chi connectivity index (χ4n) is 2.90. The van der Waals surface area contributed by atoms with Crippen LogP contribution in [-0.4, -0.2) is 49.3 Å². The molecule has 1 aliphatic rings. The quantitative estimate of drug-likeness (QED) is 0.811. The maximum absolute atomic E-state index is 5.77. The van der Waals surface area contributed by atoms with E-state index < -0.39 is 0 Å². The van der Waals surface area contributed by atoms with Gasteiger partial charge in [-0.3, -0.25) is 4.90 Å². The summed E-state index contributed by atoms with van der Waals surface area (Å²) in [5, 5.41) is 3.77. The van der Waals surface area contributed by atoms with Gasteiger partial charge in [0.15, 0.2) is 0 Å². The molecular weight excluding hydrogens is 248 g/mol. The maximum atomic E-state index is 5.77. The van der Waals surface area contributed by atoms with Gasteiger partial charge in [-0.15, -0.1) is 0 Å². The van der Waals surface area contributed by atoms with Gasteiger partial charge in [-0.05, 0) is 25.2 Å². The first-order chi connectivity index (χ1) is 9.25. The fraction of sp³-hybridized carbons (Fsp3) is 1.00. The van der Waals surface area contributed by atoms with Crippen LogP contribution in [0.25, 0.3) is 0 Å². The third-order valence-corrected chi connectivity index (χ3v) is 4.64. The third-order valence-electron chi connectivity index (χ3n) is 4.64. The van der Waals surface area contributed by atoms with Crippen molar-refractivity contribution in [1.29, 1.82) is 0 Å². The molecule has 120 valence electrons. The van der Waals surface area contributed by atoms with Crippen molar-refractivity contribution in [2.24, 2.45) is 11.3 Å². The monoisotopic (exact) mass is 284 g/mol. The van der Waals surface area contributed by atoms with E-state index in [1.54, 1.807) is 0 Å². The van der Waals surface area contributed by atoms with E-state index in [1.807, 2.05) is 0 Å². The molecule has 0 aromatic rings. The average Bonchev–Trinajstić information content (AvgIpc) is 2.36. The van der Waals surface area contributed by atoms with Gasteiger partial charge in [0.1, 0.15) is 0 Å². The summed E-state index contributed by atoms with van der Waals surface area (Å²) < 4.78 is 5.77. The molecule has 0 amide bonds. The van der Waals surface area contributed by atoms with E-state index in [-0.39, 0.29) is 0 Å². The van der Waals surface area contributed by atoms with Crippen LogP contribution in [0.1, 0.15) is 54.9 Å². The van der Waals surface area contributed by atoms with Crippen LogP contribution < -0.4 is 5.32 Å². The van der Waals surface area contributed by atoms with Gasteiger partial charge in [-0.1, -0.05) is 41.0 Å². The largest absolute Gasteiger partial charge is 0.377 e. The minimum absolute atomic E-state index is 0.317. The fourth-order valence-corrected chi connectivity index (χ4v) is 2.90. The number of nitrogens with zero attached hydrogens (tertiary/aromatic N) is 1. The van der Waals surface area contributed by atoms with Crippen LogP contribution in [0.4, 0.5) is 0 Å². The molecule has 1 saturated heterocycles. The summed E-state index contributed by atoms with van der Waals surface area (Å²) in [7, 11) is 0. The van der Waals surface area contributed by atoms with Crippen LogP contribution in [0.5, 0.6) is 0 Å². The molecule has 1 fully saturated rings. The zero-order valence-electron chi connectivity index (χ0n) is 14.7. The smallest absolute Gasteiger partial charge is 0.0597 e. The Kier molecular flexibility index (Phi) is 6.96. The number of piperazine rings is 1. The number of hydrogen-bond donors (Lipinski definition) is 1. The van der Waals surface area contributed by atoms with Crippen molar-refractivity contribution in [3.05, 3.63) is 0 Å². The summed E-state index contributed by atoms with van der Waals surface area (Å²) in [5.41, 5.74) is 0.317. The summed E-state index contributed by atoms with van der Waals surface area (Å²) in [6, 6.07) is 1.22. The Labute approximate surface area is 126 Å². The highest BCUT2D eigenvalue weighted by atomic mass is 16.5. The summed E-state index contributed by atoms with van der Waals surface area (Å²) >= 11 is 0. The molecule has 1 rings (SSSR count).